The Morgan fingerprint density at radius 2 is 2.16 bits per heavy atom. The van der Waals surface area contributed by atoms with E-state index in [0.29, 0.717) is 13.2 Å². The molecule has 5 heteroatoms. The van der Waals surface area contributed by atoms with Crippen LogP contribution in [0.3, 0.4) is 0 Å². The van der Waals surface area contributed by atoms with Crippen molar-refractivity contribution in [1.82, 2.24) is 0 Å². The summed E-state index contributed by atoms with van der Waals surface area (Å²) in [6.45, 7) is 10.7. The van der Waals surface area contributed by atoms with Gasteiger partial charge in [-0.3, -0.25) is 4.79 Å². The Kier molecular flexibility index (Phi) is 5.04. The molecule has 0 aromatic carbocycles. The number of aliphatic hydroxyl groups excluding tert-OH is 1. The third-order valence-corrected chi connectivity index (χ3v) is 7.09. The maximum Gasteiger partial charge on any atom is 0.302 e. The van der Waals surface area contributed by atoms with E-state index in [1.165, 1.54) is 12.5 Å². The highest BCUT2D eigenvalue weighted by Crippen LogP contribution is 2.60. The van der Waals surface area contributed by atoms with Crippen LogP contribution >= 0.6 is 0 Å². The average molecular weight is 352 g/mol. The van der Waals surface area contributed by atoms with Gasteiger partial charge in [0.25, 0.3) is 0 Å². The number of ether oxygens (including phenoxy) is 3. The molecule has 2 aliphatic heterocycles. The Balaban J connectivity index is 2.14. The van der Waals surface area contributed by atoms with Gasteiger partial charge in [0.1, 0.15) is 12.7 Å². The second-order valence-corrected chi connectivity index (χ2v) is 8.59. The maximum atomic E-state index is 11.6. The van der Waals surface area contributed by atoms with Crippen LogP contribution in [0.5, 0.6) is 0 Å². The summed E-state index contributed by atoms with van der Waals surface area (Å²) in [4.78, 5) is 11.6. The third-order valence-electron chi connectivity index (χ3n) is 7.09. The van der Waals surface area contributed by atoms with E-state index in [9.17, 15) is 9.90 Å². The van der Waals surface area contributed by atoms with Crippen LogP contribution in [0.4, 0.5) is 0 Å². The molecular formula is C20H32O5. The Morgan fingerprint density at radius 1 is 1.44 bits per heavy atom. The maximum absolute atomic E-state index is 11.6. The lowest BCUT2D eigenvalue weighted by molar-refractivity contribution is -0.164. The van der Waals surface area contributed by atoms with Crippen molar-refractivity contribution in [2.24, 2.45) is 16.7 Å². The highest BCUT2D eigenvalue weighted by Gasteiger charge is 2.62. The molecular weight excluding hydrogens is 320 g/mol. The number of rotatable bonds is 2. The number of hydrogen-bond donors (Lipinski definition) is 1. The fourth-order valence-electron chi connectivity index (χ4n) is 5.26. The summed E-state index contributed by atoms with van der Waals surface area (Å²) in [6.07, 6.45) is 3.79. The Hall–Kier alpha value is -0.910. The molecule has 2 saturated heterocycles. The van der Waals surface area contributed by atoms with Crippen molar-refractivity contribution in [3.05, 3.63) is 11.6 Å². The van der Waals surface area contributed by atoms with Crippen molar-refractivity contribution in [3.8, 4) is 0 Å². The molecule has 142 valence electrons. The van der Waals surface area contributed by atoms with Crippen molar-refractivity contribution in [2.75, 3.05) is 13.2 Å². The van der Waals surface area contributed by atoms with Crippen molar-refractivity contribution in [3.63, 3.8) is 0 Å². The highest BCUT2D eigenvalue weighted by atomic mass is 16.6. The average Bonchev–Trinajstić information content (AvgIpc) is 2.58. The van der Waals surface area contributed by atoms with E-state index in [0.717, 1.165) is 19.3 Å². The van der Waals surface area contributed by atoms with Gasteiger partial charge in [-0.2, -0.15) is 0 Å². The van der Waals surface area contributed by atoms with Crippen LogP contribution in [0.25, 0.3) is 0 Å². The van der Waals surface area contributed by atoms with Crippen LogP contribution in [-0.4, -0.2) is 48.7 Å². The van der Waals surface area contributed by atoms with E-state index in [4.69, 9.17) is 14.2 Å². The van der Waals surface area contributed by atoms with Crippen LogP contribution < -0.4 is 0 Å². The number of allylic oxidation sites excluding steroid dienone is 1. The van der Waals surface area contributed by atoms with Crippen LogP contribution in [0.2, 0.25) is 0 Å². The second-order valence-electron chi connectivity index (χ2n) is 8.59. The minimum absolute atomic E-state index is 0.0243. The fraction of sp³-hybridized carbons (Fsp3) is 0.850. The zero-order valence-corrected chi connectivity index (χ0v) is 16.1. The molecule has 2 bridgehead atoms. The molecule has 0 spiro atoms. The number of fused-ring (bicyclic) bond motifs is 5. The van der Waals surface area contributed by atoms with Crippen LogP contribution in [0.15, 0.2) is 11.6 Å². The summed E-state index contributed by atoms with van der Waals surface area (Å²) in [5, 5.41) is 11.0. The number of esters is 1. The largest absolute Gasteiger partial charge is 0.465 e. The predicted molar refractivity (Wildman–Crippen MR) is 94.0 cm³/mol. The van der Waals surface area contributed by atoms with Gasteiger partial charge in [-0.25, -0.2) is 0 Å². The number of carbonyl (C=O) groups excluding carboxylic acids is 1. The van der Waals surface area contributed by atoms with Gasteiger partial charge < -0.3 is 19.3 Å². The summed E-state index contributed by atoms with van der Waals surface area (Å²) in [7, 11) is 0. The van der Waals surface area contributed by atoms with E-state index >= 15 is 0 Å². The van der Waals surface area contributed by atoms with Crippen LogP contribution in [-0.2, 0) is 19.0 Å². The SMILES string of the molecule is CC(=O)OC[C@]12CCC(C)=CC1O[C@H]1CO[C@H](C)C[C@]2(C)[C@H](C)[C@H]1O. The van der Waals surface area contributed by atoms with E-state index in [1.54, 1.807) is 0 Å². The van der Waals surface area contributed by atoms with Gasteiger partial charge in [-0.05, 0) is 44.4 Å². The Labute approximate surface area is 150 Å². The van der Waals surface area contributed by atoms with Crippen LogP contribution in [0.1, 0.15) is 53.9 Å². The van der Waals surface area contributed by atoms with Crippen LogP contribution in [0, 0.1) is 16.7 Å². The molecule has 3 rings (SSSR count). The molecule has 25 heavy (non-hydrogen) atoms. The fourth-order valence-corrected chi connectivity index (χ4v) is 5.26. The first-order valence-corrected chi connectivity index (χ1v) is 9.45. The van der Waals surface area contributed by atoms with E-state index in [1.807, 2.05) is 0 Å². The molecule has 3 aliphatic rings. The number of hydrogen-bond acceptors (Lipinski definition) is 5. The zero-order chi connectivity index (χ0) is 18.4. The van der Waals surface area contributed by atoms with Crippen molar-refractivity contribution in [2.45, 2.75) is 78.3 Å². The summed E-state index contributed by atoms with van der Waals surface area (Å²) >= 11 is 0. The second kappa shape index (κ2) is 6.67. The van der Waals surface area contributed by atoms with E-state index in [2.05, 4.69) is 33.8 Å². The molecule has 2 heterocycles. The summed E-state index contributed by atoms with van der Waals surface area (Å²) in [5.74, 6) is -0.244. The van der Waals surface area contributed by atoms with Gasteiger partial charge in [-0.15, -0.1) is 0 Å². The molecule has 0 aromatic heterocycles. The van der Waals surface area contributed by atoms with Gasteiger partial charge in [0, 0.05) is 12.3 Å². The number of carbonyl (C=O) groups is 1. The smallest absolute Gasteiger partial charge is 0.302 e. The normalized spacial score (nSPS) is 47.1. The van der Waals surface area contributed by atoms with Gasteiger partial charge in [0.2, 0.25) is 0 Å². The molecule has 7 atom stereocenters. The lowest BCUT2D eigenvalue weighted by Gasteiger charge is -2.55. The minimum Gasteiger partial charge on any atom is -0.465 e. The van der Waals surface area contributed by atoms with Crippen molar-refractivity contribution in [1.29, 1.82) is 0 Å². The molecule has 1 N–H and O–H groups in total. The summed E-state index contributed by atoms with van der Waals surface area (Å²) < 4.78 is 18.0. The Bertz CT molecular complexity index is 558. The highest BCUT2D eigenvalue weighted by molar-refractivity contribution is 5.66. The van der Waals surface area contributed by atoms with Gasteiger partial charge in [0.05, 0.1) is 24.9 Å². The molecule has 5 nitrogen and oxygen atoms in total. The molecule has 2 fully saturated rings. The van der Waals surface area contributed by atoms with Crippen molar-refractivity contribution >= 4 is 5.97 Å². The predicted octanol–water partition coefficient (Wildman–Crippen LogP) is 2.86. The topological polar surface area (TPSA) is 65.0 Å². The molecule has 1 aliphatic carbocycles. The van der Waals surface area contributed by atoms with E-state index in [-0.39, 0.29) is 41.0 Å². The molecule has 0 aromatic rings. The summed E-state index contributed by atoms with van der Waals surface area (Å²) in [5.41, 5.74) is 0.676. The van der Waals surface area contributed by atoms with Gasteiger partial charge in [0.15, 0.2) is 0 Å². The molecule has 0 radical (unpaired) electrons. The van der Waals surface area contributed by atoms with Crippen molar-refractivity contribution < 1.29 is 24.1 Å². The zero-order valence-electron chi connectivity index (χ0n) is 16.1. The first-order chi connectivity index (χ1) is 11.7. The standard InChI is InChI=1S/C20H32O5/c1-12-6-7-20(11-24-15(4)21)17(8-12)25-16-10-23-13(2)9-19(20,5)14(3)18(16)22/h8,13-14,16-18,22H,6-7,9-11H2,1-5H3/t13-,14-,16+,17?,18-,19-,20-/m1/s1. The minimum atomic E-state index is -0.592. The first-order valence-electron chi connectivity index (χ1n) is 9.45. The molecule has 0 saturated carbocycles. The first kappa shape index (κ1) is 18.9. The lowest BCUT2D eigenvalue weighted by Crippen LogP contribution is -2.57. The lowest BCUT2D eigenvalue weighted by atomic mass is 9.51. The Morgan fingerprint density at radius 3 is 2.84 bits per heavy atom. The van der Waals surface area contributed by atoms with Gasteiger partial charge in [-0.1, -0.05) is 25.5 Å². The van der Waals surface area contributed by atoms with E-state index < -0.39 is 6.10 Å². The monoisotopic (exact) mass is 352 g/mol. The number of aliphatic hydroxyl groups is 1. The molecule has 0 amide bonds. The summed E-state index contributed by atoms with van der Waals surface area (Å²) in [6, 6.07) is 0. The molecule has 1 unspecified atom stereocenters. The quantitative estimate of drug-likeness (QED) is 0.611. The third kappa shape index (κ3) is 3.04. The van der Waals surface area contributed by atoms with Gasteiger partial charge >= 0.3 is 5.97 Å².